The summed E-state index contributed by atoms with van der Waals surface area (Å²) in [6.07, 6.45) is 0.658. The van der Waals surface area contributed by atoms with Gasteiger partial charge in [-0.3, -0.25) is 4.79 Å². The molecule has 1 aliphatic heterocycles. The van der Waals surface area contributed by atoms with Crippen molar-refractivity contribution >= 4 is 21.6 Å². The molecule has 1 N–H and O–H groups in total. The van der Waals surface area contributed by atoms with E-state index in [1.165, 1.54) is 13.0 Å². The Hall–Kier alpha value is -2.12. The van der Waals surface area contributed by atoms with Crippen LogP contribution in [0.5, 0.6) is 0 Å². The lowest BCUT2D eigenvalue weighted by Gasteiger charge is -2.16. The maximum atomic E-state index is 12.6. The van der Waals surface area contributed by atoms with Gasteiger partial charge in [0.1, 0.15) is 11.5 Å². The molecule has 1 aliphatic rings. The molecule has 0 saturated heterocycles. The Bertz CT molecular complexity index is 886. The predicted molar refractivity (Wildman–Crippen MR) is 90.4 cm³/mol. The number of benzene rings is 1. The summed E-state index contributed by atoms with van der Waals surface area (Å²) >= 11 is 0. The fourth-order valence-corrected chi connectivity index (χ4v) is 4.18. The number of furan rings is 1. The fraction of sp³-hybridized carbons (Fsp3) is 0.353. The Morgan fingerprint density at radius 1 is 1.29 bits per heavy atom. The lowest BCUT2D eigenvalue weighted by Crippen LogP contribution is -2.27. The quantitative estimate of drug-likeness (QED) is 0.921. The van der Waals surface area contributed by atoms with Gasteiger partial charge in [-0.25, -0.2) is 13.1 Å². The van der Waals surface area contributed by atoms with Gasteiger partial charge in [-0.1, -0.05) is 0 Å². The van der Waals surface area contributed by atoms with E-state index >= 15 is 0 Å². The second-order valence-electron chi connectivity index (χ2n) is 6.00. The van der Waals surface area contributed by atoms with Crippen molar-refractivity contribution in [1.29, 1.82) is 0 Å². The van der Waals surface area contributed by atoms with Gasteiger partial charge in [-0.05, 0) is 56.2 Å². The van der Waals surface area contributed by atoms with E-state index in [-0.39, 0.29) is 10.8 Å². The smallest absolute Gasteiger partial charge is 0.241 e. The molecule has 0 spiro atoms. The number of carbonyl (C=O) groups is 1. The SMILES string of the molecule is CC(=O)N1CCc2cc(S(=O)(=O)NC(C)c3ccc(C)o3)ccc21. The third-order valence-electron chi connectivity index (χ3n) is 4.16. The molecule has 3 rings (SSSR count). The number of hydrogen-bond acceptors (Lipinski definition) is 4. The van der Waals surface area contributed by atoms with Gasteiger partial charge in [0.15, 0.2) is 0 Å². The van der Waals surface area contributed by atoms with Crippen LogP contribution in [0.15, 0.2) is 39.6 Å². The molecule has 1 aromatic heterocycles. The van der Waals surface area contributed by atoms with Gasteiger partial charge in [0.2, 0.25) is 15.9 Å². The standard InChI is InChI=1S/C17H20N2O4S/c1-11-4-7-17(23-11)12(2)18-24(21,22)15-5-6-16-14(10-15)8-9-19(16)13(3)20/h4-7,10,12,18H,8-9H2,1-3H3. The molecule has 0 fully saturated rings. The summed E-state index contributed by atoms with van der Waals surface area (Å²) in [7, 11) is -3.67. The normalized spacial score (nSPS) is 15.4. The number of nitrogens with zero attached hydrogens (tertiary/aromatic N) is 1. The van der Waals surface area contributed by atoms with E-state index in [2.05, 4.69) is 4.72 Å². The van der Waals surface area contributed by atoms with Crippen molar-refractivity contribution in [3.8, 4) is 0 Å². The highest BCUT2D eigenvalue weighted by Crippen LogP contribution is 2.30. The number of anilines is 1. The van der Waals surface area contributed by atoms with Gasteiger partial charge in [-0.15, -0.1) is 0 Å². The van der Waals surface area contributed by atoms with Crippen LogP contribution in [0.25, 0.3) is 0 Å². The minimum atomic E-state index is -3.67. The first kappa shape index (κ1) is 16.7. The number of rotatable bonds is 4. The number of hydrogen-bond donors (Lipinski definition) is 1. The zero-order valence-electron chi connectivity index (χ0n) is 13.9. The molecule has 0 saturated carbocycles. The summed E-state index contributed by atoms with van der Waals surface area (Å²) in [5.41, 5.74) is 1.66. The van der Waals surface area contributed by atoms with Crippen molar-refractivity contribution < 1.29 is 17.6 Å². The molecule has 0 radical (unpaired) electrons. The molecular weight excluding hydrogens is 328 g/mol. The maximum absolute atomic E-state index is 12.6. The summed E-state index contributed by atoms with van der Waals surface area (Å²) in [4.78, 5) is 13.4. The first-order chi connectivity index (χ1) is 11.3. The lowest BCUT2D eigenvalue weighted by molar-refractivity contribution is -0.116. The Morgan fingerprint density at radius 3 is 2.67 bits per heavy atom. The zero-order chi connectivity index (χ0) is 17.5. The van der Waals surface area contributed by atoms with Gasteiger partial charge in [0.25, 0.3) is 0 Å². The third kappa shape index (κ3) is 3.09. The fourth-order valence-electron chi connectivity index (χ4n) is 2.92. The second-order valence-corrected chi connectivity index (χ2v) is 7.72. The van der Waals surface area contributed by atoms with E-state index in [9.17, 15) is 13.2 Å². The molecule has 0 bridgehead atoms. The van der Waals surface area contributed by atoms with Crippen LogP contribution in [-0.2, 0) is 21.2 Å². The van der Waals surface area contributed by atoms with Gasteiger partial charge >= 0.3 is 0 Å². The van der Waals surface area contributed by atoms with Crippen LogP contribution in [0, 0.1) is 6.92 Å². The molecule has 1 aromatic carbocycles. The van der Waals surface area contributed by atoms with Crippen LogP contribution in [0.1, 0.15) is 37.0 Å². The Morgan fingerprint density at radius 2 is 2.04 bits per heavy atom. The minimum absolute atomic E-state index is 0.0377. The second kappa shape index (κ2) is 6.07. The zero-order valence-corrected chi connectivity index (χ0v) is 14.7. The highest BCUT2D eigenvalue weighted by molar-refractivity contribution is 7.89. The molecule has 7 heteroatoms. The maximum Gasteiger partial charge on any atom is 0.241 e. The van der Waals surface area contributed by atoms with Crippen LogP contribution < -0.4 is 9.62 Å². The summed E-state index contributed by atoms with van der Waals surface area (Å²) in [6.45, 7) is 5.64. The van der Waals surface area contributed by atoms with E-state index in [4.69, 9.17) is 4.42 Å². The number of sulfonamides is 1. The van der Waals surface area contributed by atoms with Crippen molar-refractivity contribution in [2.24, 2.45) is 0 Å². The van der Waals surface area contributed by atoms with Crippen LogP contribution >= 0.6 is 0 Å². The molecule has 2 aromatic rings. The van der Waals surface area contributed by atoms with Crippen LogP contribution in [-0.4, -0.2) is 20.9 Å². The first-order valence-corrected chi connectivity index (χ1v) is 9.26. The molecular formula is C17H20N2O4S. The summed E-state index contributed by atoms with van der Waals surface area (Å²) in [6, 6.07) is 7.95. The van der Waals surface area contributed by atoms with E-state index in [1.54, 1.807) is 36.1 Å². The highest BCUT2D eigenvalue weighted by atomic mass is 32.2. The topological polar surface area (TPSA) is 79.6 Å². The molecule has 1 atom stereocenters. The summed E-state index contributed by atoms with van der Waals surface area (Å²) < 4.78 is 33.3. The molecule has 128 valence electrons. The molecule has 24 heavy (non-hydrogen) atoms. The van der Waals surface area contributed by atoms with Crippen molar-refractivity contribution in [3.05, 3.63) is 47.4 Å². The van der Waals surface area contributed by atoms with E-state index in [0.29, 0.717) is 18.7 Å². The van der Waals surface area contributed by atoms with E-state index in [0.717, 1.165) is 17.0 Å². The molecule has 6 nitrogen and oxygen atoms in total. The summed E-state index contributed by atoms with van der Waals surface area (Å²) in [5, 5.41) is 0. The number of aryl methyl sites for hydroxylation is 1. The monoisotopic (exact) mass is 348 g/mol. The average molecular weight is 348 g/mol. The van der Waals surface area contributed by atoms with Crippen LogP contribution in [0.3, 0.4) is 0 Å². The van der Waals surface area contributed by atoms with Crippen molar-refractivity contribution in [2.75, 3.05) is 11.4 Å². The van der Waals surface area contributed by atoms with Gasteiger partial charge in [0, 0.05) is 19.2 Å². The Balaban J connectivity index is 1.84. The lowest BCUT2D eigenvalue weighted by atomic mass is 10.2. The van der Waals surface area contributed by atoms with Gasteiger partial charge < -0.3 is 9.32 Å². The van der Waals surface area contributed by atoms with Crippen LogP contribution in [0.4, 0.5) is 5.69 Å². The number of fused-ring (bicyclic) bond motifs is 1. The predicted octanol–water partition coefficient (Wildman–Crippen LogP) is 2.54. The third-order valence-corrected chi connectivity index (χ3v) is 5.70. The van der Waals surface area contributed by atoms with E-state index < -0.39 is 16.1 Å². The van der Waals surface area contributed by atoms with Crippen molar-refractivity contribution in [2.45, 2.75) is 38.1 Å². The average Bonchev–Trinajstić information content (AvgIpc) is 3.12. The molecule has 1 amide bonds. The van der Waals surface area contributed by atoms with Crippen LogP contribution in [0.2, 0.25) is 0 Å². The van der Waals surface area contributed by atoms with Crippen molar-refractivity contribution in [3.63, 3.8) is 0 Å². The minimum Gasteiger partial charge on any atom is -0.465 e. The van der Waals surface area contributed by atoms with Crippen molar-refractivity contribution in [1.82, 2.24) is 4.72 Å². The van der Waals surface area contributed by atoms with E-state index in [1.807, 2.05) is 6.92 Å². The van der Waals surface area contributed by atoms with Gasteiger partial charge in [0.05, 0.1) is 10.9 Å². The number of amides is 1. The largest absolute Gasteiger partial charge is 0.465 e. The first-order valence-electron chi connectivity index (χ1n) is 7.77. The summed E-state index contributed by atoms with van der Waals surface area (Å²) in [5.74, 6) is 1.27. The highest BCUT2D eigenvalue weighted by Gasteiger charge is 2.26. The van der Waals surface area contributed by atoms with Gasteiger partial charge in [-0.2, -0.15) is 0 Å². The molecule has 1 unspecified atom stereocenters. The Kier molecular flexibility index (Phi) is 4.23. The Labute approximate surface area is 141 Å². The number of carbonyl (C=O) groups excluding carboxylic acids is 1. The number of nitrogens with one attached hydrogen (secondary N) is 1. The molecule has 0 aliphatic carbocycles. The molecule has 2 heterocycles.